The molecule has 0 saturated carbocycles. The van der Waals surface area contributed by atoms with Crippen LogP contribution < -0.4 is 4.57 Å². The fourth-order valence-corrected chi connectivity index (χ4v) is 6.88. The van der Waals surface area contributed by atoms with Gasteiger partial charge in [0.05, 0.1) is 0 Å². The van der Waals surface area contributed by atoms with Crippen molar-refractivity contribution in [2.24, 2.45) is 0 Å². The minimum Gasteiger partial charge on any atom is -0.253 e. The van der Waals surface area contributed by atoms with Gasteiger partial charge in [-0.05, 0) is 52.6 Å². The minimum atomic E-state index is 0.214. The summed E-state index contributed by atoms with van der Waals surface area (Å²) in [5.74, 6) is 7.05. The van der Waals surface area contributed by atoms with Gasteiger partial charge in [0.15, 0.2) is 23.1 Å². The van der Waals surface area contributed by atoms with Gasteiger partial charge in [-0.1, -0.05) is 133 Å². The molecular weight excluding hydrogens is 585 g/mol. The third-order valence-electron chi connectivity index (χ3n) is 9.27. The van der Waals surface area contributed by atoms with Gasteiger partial charge in [0.2, 0.25) is 12.7 Å². The Balaban J connectivity index is 1.09. The van der Waals surface area contributed by atoms with Gasteiger partial charge in [0.1, 0.15) is 26.2 Å². The summed E-state index contributed by atoms with van der Waals surface area (Å²) in [5.41, 5.74) is 9.65. The second kappa shape index (κ2) is 13.4. The summed E-state index contributed by atoms with van der Waals surface area (Å²) >= 11 is 0. The lowest BCUT2D eigenvalue weighted by Crippen LogP contribution is -2.37. The van der Waals surface area contributed by atoms with Crippen LogP contribution in [0.2, 0.25) is 0 Å². The molecule has 48 heavy (non-hydrogen) atoms. The summed E-state index contributed by atoms with van der Waals surface area (Å²) < 4.78 is 7.15. The van der Waals surface area contributed by atoms with Crippen molar-refractivity contribution in [2.45, 2.75) is 38.3 Å². The number of hydrogen-bond donors (Lipinski definition) is 0. The molecule has 4 nitrogen and oxygen atoms in total. The summed E-state index contributed by atoms with van der Waals surface area (Å²) in [6, 6.07) is 49.9. The number of rotatable bonds is 8. The standard InChI is InChI=1S/C44H38N4/c1-5-13-37(14-6-1)29-45-33-47(31-39-17-9-3-10-18-39)43-27-35(23-25-41(43)45)21-22-36-24-26-42-44(28-36)48(32-40-19-11-4-12-20-40)34-46(42)30-38-15-7-2-8-16-38/h1-20,23-28,33-34,41,43H,29-32H2/q+2. The number of nitrogens with zero attached hydrogens (tertiary/aromatic N) is 4. The molecule has 8 rings (SSSR count). The molecule has 0 radical (unpaired) electrons. The van der Waals surface area contributed by atoms with E-state index in [0.717, 1.165) is 37.3 Å². The molecule has 4 heteroatoms. The Bertz CT molecular complexity index is 2180. The van der Waals surface area contributed by atoms with Crippen molar-refractivity contribution in [3.63, 3.8) is 0 Å². The van der Waals surface area contributed by atoms with E-state index in [1.807, 2.05) is 0 Å². The van der Waals surface area contributed by atoms with Crippen LogP contribution in [-0.2, 0) is 26.2 Å². The number of fused-ring (bicyclic) bond motifs is 2. The van der Waals surface area contributed by atoms with Gasteiger partial charge >= 0.3 is 0 Å². The van der Waals surface area contributed by atoms with Crippen LogP contribution in [0, 0.1) is 11.8 Å². The molecule has 2 atom stereocenters. The Morgan fingerprint density at radius 1 is 0.604 bits per heavy atom. The topological polar surface area (TPSA) is 15.1 Å². The molecule has 5 aromatic carbocycles. The van der Waals surface area contributed by atoms with Crippen LogP contribution in [0.25, 0.3) is 11.0 Å². The van der Waals surface area contributed by atoms with Crippen LogP contribution in [0.3, 0.4) is 0 Å². The number of benzene rings is 5. The van der Waals surface area contributed by atoms with Crippen molar-refractivity contribution in [2.75, 3.05) is 0 Å². The first-order valence-corrected chi connectivity index (χ1v) is 16.7. The summed E-state index contributed by atoms with van der Waals surface area (Å²) in [5, 5.41) is 0. The fourth-order valence-electron chi connectivity index (χ4n) is 6.88. The first-order chi connectivity index (χ1) is 23.7. The fraction of sp³-hybridized carbons (Fsp3) is 0.136. The zero-order chi connectivity index (χ0) is 32.1. The van der Waals surface area contributed by atoms with E-state index in [1.54, 1.807) is 0 Å². The summed E-state index contributed by atoms with van der Waals surface area (Å²) in [6.07, 6.45) is 11.4. The Kier molecular flexibility index (Phi) is 8.25. The molecule has 2 aliphatic rings. The van der Waals surface area contributed by atoms with E-state index in [4.69, 9.17) is 0 Å². The van der Waals surface area contributed by atoms with Crippen molar-refractivity contribution < 1.29 is 9.14 Å². The van der Waals surface area contributed by atoms with E-state index in [-0.39, 0.29) is 12.1 Å². The summed E-state index contributed by atoms with van der Waals surface area (Å²) in [6.45, 7) is 3.36. The van der Waals surface area contributed by atoms with E-state index in [2.05, 4.69) is 201 Å². The Labute approximate surface area is 282 Å². The van der Waals surface area contributed by atoms with Gasteiger partial charge in [0, 0.05) is 17.2 Å². The Hall–Kier alpha value is -5.92. The van der Waals surface area contributed by atoms with Gasteiger partial charge < -0.3 is 0 Å². The van der Waals surface area contributed by atoms with E-state index in [9.17, 15) is 0 Å². The van der Waals surface area contributed by atoms with Crippen molar-refractivity contribution in [1.29, 1.82) is 0 Å². The molecule has 1 aromatic heterocycles. The molecule has 0 bridgehead atoms. The van der Waals surface area contributed by atoms with Crippen LogP contribution in [0.1, 0.15) is 27.8 Å². The molecule has 232 valence electrons. The second-order valence-corrected chi connectivity index (χ2v) is 12.7. The first kappa shape index (κ1) is 29.5. The molecule has 6 aromatic rings. The number of hydrogen-bond acceptors (Lipinski definition) is 1. The monoisotopic (exact) mass is 622 g/mol. The highest BCUT2D eigenvalue weighted by atomic mass is 15.3. The Morgan fingerprint density at radius 2 is 1.21 bits per heavy atom. The number of imidazole rings is 1. The lowest BCUT2D eigenvalue weighted by molar-refractivity contribution is -0.663. The van der Waals surface area contributed by atoms with Gasteiger partial charge in [-0.15, -0.1) is 0 Å². The molecule has 0 saturated heterocycles. The highest BCUT2D eigenvalue weighted by molar-refractivity contribution is 5.74. The quantitative estimate of drug-likeness (QED) is 0.128. The van der Waals surface area contributed by atoms with Crippen LogP contribution in [0.4, 0.5) is 0 Å². The SMILES string of the molecule is C(#Cc1ccc2c(c1)n(Cc1ccccc1)c[n+]2Cc1ccccc1)C1=CC2C(C=C1)[N+](Cc1ccccc1)=CN2Cc1ccccc1. The Morgan fingerprint density at radius 3 is 1.88 bits per heavy atom. The third-order valence-corrected chi connectivity index (χ3v) is 9.27. The largest absolute Gasteiger partial charge is 0.253 e. The number of aromatic nitrogens is 2. The lowest BCUT2D eigenvalue weighted by Gasteiger charge is -2.21. The molecule has 2 unspecified atom stereocenters. The van der Waals surface area contributed by atoms with Crippen LogP contribution >= 0.6 is 0 Å². The molecule has 0 spiro atoms. The molecule has 1 aliphatic heterocycles. The van der Waals surface area contributed by atoms with Crippen molar-refractivity contribution in [3.8, 4) is 11.8 Å². The van der Waals surface area contributed by atoms with Gasteiger partial charge in [-0.25, -0.2) is 9.13 Å². The van der Waals surface area contributed by atoms with Gasteiger partial charge in [-0.3, -0.25) is 9.48 Å². The molecule has 0 amide bonds. The van der Waals surface area contributed by atoms with Gasteiger partial charge in [0.25, 0.3) is 0 Å². The first-order valence-electron chi connectivity index (χ1n) is 16.7. The molecule has 0 fully saturated rings. The van der Waals surface area contributed by atoms with Crippen molar-refractivity contribution in [1.82, 2.24) is 9.47 Å². The van der Waals surface area contributed by atoms with Gasteiger partial charge in [-0.2, -0.15) is 0 Å². The molecular formula is C44H38N4+2. The zero-order valence-corrected chi connectivity index (χ0v) is 26.9. The summed E-state index contributed by atoms with van der Waals surface area (Å²) in [4.78, 5) is 2.46. The maximum atomic E-state index is 3.53. The molecule has 2 heterocycles. The van der Waals surface area contributed by atoms with E-state index < -0.39 is 0 Å². The molecule has 0 N–H and O–H groups in total. The number of allylic oxidation sites excluding steroid dienone is 2. The highest BCUT2D eigenvalue weighted by Gasteiger charge is 2.40. The maximum Gasteiger partial charge on any atom is 0.245 e. The van der Waals surface area contributed by atoms with E-state index in [1.165, 1.54) is 33.3 Å². The average molecular weight is 623 g/mol. The van der Waals surface area contributed by atoms with E-state index in [0.29, 0.717) is 0 Å². The normalized spacial score (nSPS) is 16.6. The van der Waals surface area contributed by atoms with Crippen LogP contribution in [0.5, 0.6) is 0 Å². The second-order valence-electron chi connectivity index (χ2n) is 12.7. The van der Waals surface area contributed by atoms with Crippen LogP contribution in [-0.4, -0.2) is 32.5 Å². The average Bonchev–Trinajstić information content (AvgIpc) is 3.65. The van der Waals surface area contributed by atoms with Crippen LogP contribution in [0.15, 0.2) is 170 Å². The predicted molar refractivity (Wildman–Crippen MR) is 193 cm³/mol. The van der Waals surface area contributed by atoms with E-state index >= 15 is 0 Å². The third kappa shape index (κ3) is 6.49. The predicted octanol–water partition coefficient (Wildman–Crippen LogP) is 7.37. The zero-order valence-electron chi connectivity index (χ0n) is 26.9. The van der Waals surface area contributed by atoms with Crippen molar-refractivity contribution >= 4 is 17.4 Å². The highest BCUT2D eigenvalue weighted by Crippen LogP contribution is 2.26. The molecule has 1 aliphatic carbocycles. The van der Waals surface area contributed by atoms with Crippen molar-refractivity contribution in [3.05, 3.63) is 197 Å². The smallest absolute Gasteiger partial charge is 0.245 e. The summed E-state index contributed by atoms with van der Waals surface area (Å²) in [7, 11) is 0. The minimum absolute atomic E-state index is 0.214. The maximum absolute atomic E-state index is 3.53. The lowest BCUT2D eigenvalue weighted by atomic mass is 9.97.